The Bertz CT molecular complexity index is 277. The first-order valence-electron chi connectivity index (χ1n) is 3.48. The summed E-state index contributed by atoms with van der Waals surface area (Å²) in [4.78, 5) is 3.26. The van der Waals surface area contributed by atoms with Crippen LogP contribution in [0.3, 0.4) is 0 Å². The fourth-order valence-electron chi connectivity index (χ4n) is 0.930. The van der Waals surface area contributed by atoms with Gasteiger partial charge in [0.2, 0.25) is 0 Å². The first-order valence-corrected chi connectivity index (χ1v) is 3.48. The molecule has 1 heterocycles. The van der Waals surface area contributed by atoms with Gasteiger partial charge in [0.1, 0.15) is 5.76 Å². The Kier molecular flexibility index (Phi) is 2.12. The average molecular weight is 179 g/mol. The molecule has 0 fully saturated rings. The van der Waals surface area contributed by atoms with Crippen molar-refractivity contribution in [1.82, 2.24) is 4.98 Å². The maximum atomic E-state index is 12.1. The van der Waals surface area contributed by atoms with Crippen LogP contribution in [0, 0.1) is 6.92 Å². The number of oxazole rings is 1. The summed E-state index contributed by atoms with van der Waals surface area (Å²) in [6.07, 6.45) is -4.20. The predicted octanol–water partition coefficient (Wildman–Crippen LogP) is 2.56. The van der Waals surface area contributed by atoms with Crippen molar-refractivity contribution in [1.29, 1.82) is 0 Å². The second-order valence-electron chi connectivity index (χ2n) is 2.36. The Hall–Kier alpha value is -1.00. The normalized spacial score (nSPS) is 12.1. The van der Waals surface area contributed by atoms with E-state index in [1.807, 2.05) is 0 Å². The summed E-state index contributed by atoms with van der Waals surface area (Å²) >= 11 is 0. The number of hydrogen-bond acceptors (Lipinski definition) is 2. The number of rotatable bonds is 1. The fraction of sp³-hybridized carbons (Fsp3) is 0.571. The molecule has 0 aliphatic heterocycles. The van der Waals surface area contributed by atoms with Crippen molar-refractivity contribution in [3.05, 3.63) is 17.3 Å². The van der Waals surface area contributed by atoms with Gasteiger partial charge in [0.15, 0.2) is 11.6 Å². The molecule has 5 heteroatoms. The van der Waals surface area contributed by atoms with E-state index < -0.39 is 11.9 Å². The van der Waals surface area contributed by atoms with Crippen molar-refractivity contribution in [3.63, 3.8) is 0 Å². The second-order valence-corrected chi connectivity index (χ2v) is 2.36. The lowest BCUT2D eigenvalue weighted by atomic mass is 10.3. The molecular weight excluding hydrogens is 171 g/mol. The van der Waals surface area contributed by atoms with Crippen LogP contribution in [0.15, 0.2) is 4.42 Å². The van der Waals surface area contributed by atoms with Crippen LogP contribution in [0.2, 0.25) is 0 Å². The van der Waals surface area contributed by atoms with E-state index in [0.29, 0.717) is 0 Å². The van der Waals surface area contributed by atoms with Crippen LogP contribution in [-0.4, -0.2) is 4.98 Å². The molecule has 0 bridgehead atoms. The quantitative estimate of drug-likeness (QED) is 0.662. The van der Waals surface area contributed by atoms with E-state index in [9.17, 15) is 13.2 Å². The van der Waals surface area contributed by atoms with Gasteiger partial charge < -0.3 is 4.42 Å². The van der Waals surface area contributed by atoms with E-state index in [-0.39, 0.29) is 18.1 Å². The van der Waals surface area contributed by atoms with E-state index in [4.69, 9.17) is 4.42 Å². The lowest BCUT2D eigenvalue weighted by molar-refractivity contribution is -0.141. The summed E-state index contributed by atoms with van der Waals surface area (Å²) in [6, 6.07) is 0. The summed E-state index contributed by atoms with van der Waals surface area (Å²) in [7, 11) is 0. The van der Waals surface area contributed by atoms with E-state index in [2.05, 4.69) is 4.98 Å². The minimum absolute atomic E-state index is 0.0548. The molecule has 0 atom stereocenters. The third kappa shape index (κ3) is 1.60. The first kappa shape index (κ1) is 9.09. The van der Waals surface area contributed by atoms with Crippen molar-refractivity contribution in [2.75, 3.05) is 0 Å². The molecule has 0 aromatic carbocycles. The number of alkyl halides is 3. The molecule has 1 rings (SSSR count). The third-order valence-corrected chi connectivity index (χ3v) is 1.39. The zero-order chi connectivity index (χ0) is 9.35. The van der Waals surface area contributed by atoms with Gasteiger partial charge in [0.05, 0.1) is 0 Å². The van der Waals surface area contributed by atoms with Crippen LogP contribution in [-0.2, 0) is 12.6 Å². The smallest absolute Gasteiger partial charge is 0.436 e. The van der Waals surface area contributed by atoms with Gasteiger partial charge in [-0.05, 0) is 0 Å². The third-order valence-electron chi connectivity index (χ3n) is 1.39. The minimum atomic E-state index is -4.40. The number of nitrogens with zero attached hydrogens (tertiary/aromatic N) is 1. The highest BCUT2D eigenvalue weighted by Gasteiger charge is 2.37. The van der Waals surface area contributed by atoms with Crippen molar-refractivity contribution in [3.8, 4) is 0 Å². The molecule has 1 aromatic heterocycles. The molecule has 0 saturated carbocycles. The number of aromatic nitrogens is 1. The highest BCUT2D eigenvalue weighted by molar-refractivity contribution is 5.13. The zero-order valence-electron chi connectivity index (χ0n) is 6.70. The highest BCUT2D eigenvalue weighted by Crippen LogP contribution is 2.31. The van der Waals surface area contributed by atoms with Crippen LogP contribution < -0.4 is 0 Å². The van der Waals surface area contributed by atoms with Gasteiger partial charge in [-0.1, -0.05) is 6.92 Å². The van der Waals surface area contributed by atoms with Gasteiger partial charge in [0.25, 0.3) is 0 Å². The highest BCUT2D eigenvalue weighted by atomic mass is 19.4. The number of hydrogen-bond donors (Lipinski definition) is 0. The van der Waals surface area contributed by atoms with Crippen LogP contribution in [0.1, 0.15) is 24.3 Å². The molecule has 0 spiro atoms. The van der Waals surface area contributed by atoms with Gasteiger partial charge in [-0.3, -0.25) is 0 Å². The molecule has 0 aliphatic carbocycles. The van der Waals surface area contributed by atoms with Gasteiger partial charge in [-0.25, -0.2) is 4.98 Å². The molecule has 1 aromatic rings. The molecule has 0 saturated heterocycles. The molecule has 0 radical (unpaired) electrons. The minimum Gasteiger partial charge on any atom is -0.445 e. The van der Waals surface area contributed by atoms with Gasteiger partial charge in [0, 0.05) is 13.3 Å². The average Bonchev–Trinajstić information content (AvgIpc) is 2.29. The predicted molar refractivity (Wildman–Crippen MR) is 35.6 cm³/mol. The van der Waals surface area contributed by atoms with E-state index in [0.717, 1.165) is 0 Å². The molecular formula is C7H8F3NO. The SMILES string of the molecule is CCc1oc(C)nc1C(F)(F)F. The van der Waals surface area contributed by atoms with Gasteiger partial charge in [-0.2, -0.15) is 13.2 Å². The Morgan fingerprint density at radius 3 is 2.33 bits per heavy atom. The first-order chi connectivity index (χ1) is 5.45. The molecule has 0 aliphatic rings. The van der Waals surface area contributed by atoms with Crippen LogP contribution in [0.25, 0.3) is 0 Å². The summed E-state index contributed by atoms with van der Waals surface area (Å²) in [5.74, 6) is -0.0424. The lowest BCUT2D eigenvalue weighted by Gasteiger charge is -2.01. The van der Waals surface area contributed by atoms with E-state index in [1.54, 1.807) is 6.92 Å². The molecule has 12 heavy (non-hydrogen) atoms. The van der Waals surface area contributed by atoms with Gasteiger partial charge in [-0.15, -0.1) is 0 Å². The Morgan fingerprint density at radius 1 is 1.42 bits per heavy atom. The monoisotopic (exact) mass is 179 g/mol. The van der Waals surface area contributed by atoms with Crippen LogP contribution in [0.4, 0.5) is 13.2 Å². The van der Waals surface area contributed by atoms with Crippen molar-refractivity contribution in [2.24, 2.45) is 0 Å². The topological polar surface area (TPSA) is 26.0 Å². The van der Waals surface area contributed by atoms with E-state index >= 15 is 0 Å². The summed E-state index contributed by atoms with van der Waals surface area (Å²) < 4.78 is 41.1. The maximum Gasteiger partial charge on any atom is 0.436 e. The van der Waals surface area contributed by atoms with Crippen molar-refractivity contribution in [2.45, 2.75) is 26.4 Å². The fourth-order valence-corrected chi connectivity index (χ4v) is 0.930. The summed E-state index contributed by atoms with van der Waals surface area (Å²) in [5.41, 5.74) is -0.900. The maximum absolute atomic E-state index is 12.1. The standard InChI is InChI=1S/C7H8F3NO/c1-3-5-6(7(8,9)10)11-4(2)12-5/h3H2,1-2H3. The van der Waals surface area contributed by atoms with Crippen LogP contribution in [0.5, 0.6) is 0 Å². The van der Waals surface area contributed by atoms with Gasteiger partial charge >= 0.3 is 6.18 Å². The molecule has 0 amide bonds. The van der Waals surface area contributed by atoms with E-state index in [1.165, 1.54) is 6.92 Å². The molecule has 68 valence electrons. The lowest BCUT2D eigenvalue weighted by Crippen LogP contribution is -2.08. The number of aryl methyl sites for hydroxylation is 2. The molecule has 0 N–H and O–H groups in total. The largest absolute Gasteiger partial charge is 0.445 e. The summed E-state index contributed by atoms with van der Waals surface area (Å²) in [6.45, 7) is 2.99. The van der Waals surface area contributed by atoms with Crippen molar-refractivity contribution >= 4 is 0 Å². The second kappa shape index (κ2) is 2.80. The molecule has 2 nitrogen and oxygen atoms in total. The zero-order valence-corrected chi connectivity index (χ0v) is 6.70. The molecule has 0 unspecified atom stereocenters. The Balaban J connectivity index is 3.13. The number of halogens is 3. The Morgan fingerprint density at radius 2 is 2.00 bits per heavy atom. The Labute approximate surface area is 67.4 Å². The van der Waals surface area contributed by atoms with Crippen molar-refractivity contribution < 1.29 is 17.6 Å². The summed E-state index contributed by atoms with van der Waals surface area (Å²) in [5, 5.41) is 0. The van der Waals surface area contributed by atoms with Crippen LogP contribution >= 0.6 is 0 Å².